The van der Waals surface area contributed by atoms with Gasteiger partial charge in [0.1, 0.15) is 6.61 Å². The van der Waals surface area contributed by atoms with Gasteiger partial charge in [-0.1, -0.05) is 41.3 Å². The number of carbonyl (C=O) groups is 1. The second kappa shape index (κ2) is 8.82. The first-order chi connectivity index (χ1) is 14.9. The third-order valence-corrected chi connectivity index (χ3v) is 6.20. The van der Waals surface area contributed by atoms with Crippen LogP contribution in [0.15, 0.2) is 46.9 Å². The molecule has 31 heavy (non-hydrogen) atoms. The molecule has 3 aromatic heterocycles. The third kappa shape index (κ3) is 4.72. The van der Waals surface area contributed by atoms with E-state index in [1.165, 1.54) is 17.8 Å². The number of nitrogens with zero attached hydrogens (tertiary/aromatic N) is 5. The highest BCUT2D eigenvalue weighted by atomic mass is 32.2. The van der Waals surface area contributed by atoms with Crippen molar-refractivity contribution in [2.75, 3.05) is 0 Å². The number of carbonyl (C=O) groups excluding carboxylic acids is 1. The Labute approximate surface area is 185 Å². The molecule has 0 amide bonds. The van der Waals surface area contributed by atoms with E-state index in [0.29, 0.717) is 27.8 Å². The Morgan fingerprint density at radius 1 is 1.26 bits per heavy atom. The lowest BCUT2D eigenvalue weighted by Gasteiger charge is -2.08. The van der Waals surface area contributed by atoms with E-state index < -0.39 is 10.9 Å². The number of benzene rings is 1. The predicted molar refractivity (Wildman–Crippen MR) is 116 cm³/mol. The van der Waals surface area contributed by atoms with E-state index in [-0.39, 0.29) is 11.6 Å². The van der Waals surface area contributed by atoms with E-state index >= 15 is 0 Å². The second-order valence-corrected chi connectivity index (χ2v) is 8.55. The van der Waals surface area contributed by atoms with Crippen molar-refractivity contribution in [3.63, 3.8) is 0 Å². The minimum Gasteiger partial charge on any atom is -0.457 e. The van der Waals surface area contributed by atoms with Crippen molar-refractivity contribution in [3.05, 3.63) is 80.0 Å². The van der Waals surface area contributed by atoms with Crippen LogP contribution in [-0.4, -0.2) is 30.5 Å². The van der Waals surface area contributed by atoms with Gasteiger partial charge < -0.3 is 4.74 Å². The van der Waals surface area contributed by atoms with Crippen LogP contribution in [0.25, 0.3) is 5.78 Å². The largest absolute Gasteiger partial charge is 0.457 e. The molecular formula is C20H17N5O4S2. The zero-order valence-corrected chi connectivity index (χ0v) is 18.3. The molecule has 0 fully saturated rings. The van der Waals surface area contributed by atoms with Crippen LogP contribution in [0.2, 0.25) is 0 Å². The summed E-state index contributed by atoms with van der Waals surface area (Å²) in [4.78, 5) is 31.8. The maximum absolute atomic E-state index is 12.6. The van der Waals surface area contributed by atoms with Crippen LogP contribution in [0.5, 0.6) is 0 Å². The minimum atomic E-state index is -0.485. The van der Waals surface area contributed by atoms with Crippen LogP contribution in [0, 0.1) is 24.0 Å². The average Bonchev–Trinajstić information content (AvgIpc) is 3.38. The molecule has 11 heteroatoms. The van der Waals surface area contributed by atoms with Crippen LogP contribution in [0.4, 0.5) is 5.00 Å². The monoisotopic (exact) mass is 455 g/mol. The summed E-state index contributed by atoms with van der Waals surface area (Å²) in [6.45, 7) is 3.83. The number of nitro groups is 1. The number of ether oxygens (including phenoxy) is 1. The van der Waals surface area contributed by atoms with Crippen LogP contribution in [0.3, 0.4) is 0 Å². The molecule has 0 aliphatic carbocycles. The fourth-order valence-electron chi connectivity index (χ4n) is 2.96. The number of aryl methyl sites for hydroxylation is 2. The Balaban J connectivity index is 1.45. The summed E-state index contributed by atoms with van der Waals surface area (Å²) in [7, 11) is 0. The maximum atomic E-state index is 12.6. The lowest BCUT2D eigenvalue weighted by molar-refractivity contribution is -0.380. The molecule has 0 aliphatic rings. The second-order valence-electron chi connectivity index (χ2n) is 6.72. The number of thiophene rings is 1. The van der Waals surface area contributed by atoms with Gasteiger partial charge >= 0.3 is 11.0 Å². The van der Waals surface area contributed by atoms with Crippen LogP contribution < -0.4 is 0 Å². The molecule has 0 bridgehead atoms. The highest BCUT2D eigenvalue weighted by Gasteiger charge is 2.16. The van der Waals surface area contributed by atoms with Gasteiger partial charge in [0, 0.05) is 34.2 Å². The lowest BCUT2D eigenvalue weighted by atomic mass is 10.1. The van der Waals surface area contributed by atoms with Gasteiger partial charge in [0.15, 0.2) is 0 Å². The minimum absolute atomic E-state index is 0.0164. The normalized spacial score (nSPS) is 11.0. The molecule has 0 N–H and O–H groups in total. The Kier molecular flexibility index (Phi) is 5.96. The van der Waals surface area contributed by atoms with Gasteiger partial charge in [-0.25, -0.2) is 14.3 Å². The van der Waals surface area contributed by atoms with Gasteiger partial charge in [0.25, 0.3) is 5.78 Å². The average molecular weight is 456 g/mol. The van der Waals surface area contributed by atoms with Crippen molar-refractivity contribution >= 4 is 39.8 Å². The zero-order chi connectivity index (χ0) is 22.0. The first-order valence-electron chi connectivity index (χ1n) is 9.21. The van der Waals surface area contributed by atoms with Gasteiger partial charge in [0.05, 0.1) is 10.5 Å². The summed E-state index contributed by atoms with van der Waals surface area (Å²) in [6.07, 6.45) is 0. The number of hydrogen-bond acceptors (Lipinski definition) is 9. The molecule has 3 heterocycles. The van der Waals surface area contributed by atoms with E-state index in [2.05, 4.69) is 15.1 Å². The number of thioether (sulfide) groups is 1. The molecule has 0 unspecified atom stereocenters. The number of hydrogen-bond donors (Lipinski definition) is 0. The van der Waals surface area contributed by atoms with Crippen molar-refractivity contribution in [1.82, 2.24) is 19.6 Å². The fourth-order valence-corrected chi connectivity index (χ4v) is 4.49. The van der Waals surface area contributed by atoms with Crippen LogP contribution >= 0.6 is 23.1 Å². The molecule has 0 saturated carbocycles. The van der Waals surface area contributed by atoms with E-state index in [1.807, 2.05) is 32.0 Å². The first kappa shape index (κ1) is 20.9. The SMILES string of the molecule is Cc1cc(C)n2nc(SCc3ccccc3C(=O)OCc3csc([N+](=O)[O-])c3)nc2n1. The standard InChI is InChI=1S/C20H17N5O4S2/c1-12-7-13(2)24-19(21-12)22-20(23-24)31-11-15-5-3-4-6-16(15)18(26)29-9-14-8-17(25(27)28)30-10-14/h3-8,10H,9,11H2,1-2H3. The number of esters is 1. The Bertz CT molecular complexity index is 1280. The molecule has 0 spiro atoms. The molecule has 1 aromatic carbocycles. The van der Waals surface area contributed by atoms with Crippen molar-refractivity contribution in [2.24, 2.45) is 0 Å². The van der Waals surface area contributed by atoms with E-state index in [0.717, 1.165) is 28.3 Å². The summed E-state index contributed by atoms with van der Waals surface area (Å²) in [6, 6.07) is 10.5. The highest BCUT2D eigenvalue weighted by Crippen LogP contribution is 2.25. The summed E-state index contributed by atoms with van der Waals surface area (Å²) < 4.78 is 7.06. The van der Waals surface area contributed by atoms with Crippen LogP contribution in [-0.2, 0) is 17.1 Å². The number of rotatable bonds is 7. The molecule has 4 aromatic rings. The zero-order valence-electron chi connectivity index (χ0n) is 16.6. The van der Waals surface area contributed by atoms with E-state index in [9.17, 15) is 14.9 Å². The highest BCUT2D eigenvalue weighted by molar-refractivity contribution is 7.98. The van der Waals surface area contributed by atoms with Crippen LogP contribution in [0.1, 0.15) is 32.9 Å². The quantitative estimate of drug-likeness (QED) is 0.175. The van der Waals surface area contributed by atoms with E-state index in [1.54, 1.807) is 22.0 Å². The first-order valence-corrected chi connectivity index (χ1v) is 11.1. The van der Waals surface area contributed by atoms with Crippen molar-refractivity contribution in [3.8, 4) is 0 Å². The molecule has 0 saturated heterocycles. The van der Waals surface area contributed by atoms with Gasteiger partial charge in [-0.15, -0.1) is 5.10 Å². The predicted octanol–water partition coefficient (Wildman–Crippen LogP) is 4.36. The summed E-state index contributed by atoms with van der Waals surface area (Å²) in [5, 5.41) is 17.5. The topological polar surface area (TPSA) is 113 Å². The molecule has 9 nitrogen and oxygen atoms in total. The van der Waals surface area contributed by atoms with Gasteiger partial charge in [-0.05, 0) is 31.5 Å². The summed E-state index contributed by atoms with van der Waals surface area (Å²) in [5.41, 5.74) is 3.63. The Morgan fingerprint density at radius 3 is 2.84 bits per heavy atom. The maximum Gasteiger partial charge on any atom is 0.338 e. The molecule has 4 rings (SSSR count). The summed E-state index contributed by atoms with van der Waals surface area (Å²) >= 11 is 2.41. The molecule has 0 aliphatic heterocycles. The molecule has 0 radical (unpaired) electrons. The number of fused-ring (bicyclic) bond motifs is 1. The third-order valence-electron chi connectivity index (χ3n) is 4.38. The van der Waals surface area contributed by atoms with Crippen molar-refractivity contribution in [2.45, 2.75) is 31.4 Å². The fraction of sp³-hybridized carbons (Fsp3) is 0.200. The molecule has 0 atom stereocenters. The van der Waals surface area contributed by atoms with Crippen molar-refractivity contribution < 1.29 is 14.5 Å². The number of aromatic nitrogens is 4. The molecular weight excluding hydrogens is 438 g/mol. The van der Waals surface area contributed by atoms with E-state index in [4.69, 9.17) is 4.74 Å². The Hall–Kier alpha value is -3.31. The van der Waals surface area contributed by atoms with Gasteiger partial charge in [-0.2, -0.15) is 4.98 Å². The smallest absolute Gasteiger partial charge is 0.338 e. The Morgan fingerprint density at radius 2 is 2.06 bits per heavy atom. The molecule has 158 valence electrons. The summed E-state index contributed by atoms with van der Waals surface area (Å²) in [5.74, 6) is 0.531. The van der Waals surface area contributed by atoms with Crippen molar-refractivity contribution in [1.29, 1.82) is 0 Å². The lowest BCUT2D eigenvalue weighted by Crippen LogP contribution is -2.07. The van der Waals surface area contributed by atoms with Gasteiger partial charge in [0.2, 0.25) is 5.16 Å². The van der Waals surface area contributed by atoms with Gasteiger partial charge in [-0.3, -0.25) is 10.1 Å².